The van der Waals surface area contributed by atoms with Crippen LogP contribution in [0.5, 0.6) is 11.5 Å². The van der Waals surface area contributed by atoms with Gasteiger partial charge in [-0.3, -0.25) is 9.59 Å². The molecule has 0 aliphatic rings. The number of benzene rings is 3. The maximum atomic E-state index is 14.0. The van der Waals surface area contributed by atoms with Crippen LogP contribution in [-0.2, 0) is 22.6 Å². The van der Waals surface area contributed by atoms with Crippen molar-refractivity contribution in [2.24, 2.45) is 5.92 Å². The van der Waals surface area contributed by atoms with Crippen LogP contribution in [0.15, 0.2) is 66.7 Å². The van der Waals surface area contributed by atoms with Gasteiger partial charge in [0, 0.05) is 13.1 Å². The summed E-state index contributed by atoms with van der Waals surface area (Å²) in [4.78, 5) is 29.2. The third kappa shape index (κ3) is 7.39. The summed E-state index contributed by atoms with van der Waals surface area (Å²) in [5.41, 5.74) is 2.78. The number of hydrogen-bond acceptors (Lipinski definition) is 6. The van der Waals surface area contributed by atoms with Crippen LogP contribution in [0.4, 0.5) is 4.39 Å². The highest BCUT2D eigenvalue weighted by atomic mass is 19.1. The van der Waals surface area contributed by atoms with Crippen molar-refractivity contribution in [2.45, 2.75) is 39.3 Å². The highest BCUT2D eigenvalue weighted by Crippen LogP contribution is 2.29. The molecule has 0 saturated heterocycles. The van der Waals surface area contributed by atoms with Gasteiger partial charge in [0.25, 0.3) is 0 Å². The van der Waals surface area contributed by atoms with Gasteiger partial charge in [-0.1, -0.05) is 49.4 Å². The van der Waals surface area contributed by atoms with Crippen LogP contribution in [0, 0.1) is 11.7 Å². The van der Waals surface area contributed by atoms with Crippen molar-refractivity contribution in [2.75, 3.05) is 27.3 Å². The van der Waals surface area contributed by atoms with Crippen molar-refractivity contribution in [3.63, 3.8) is 0 Å². The summed E-state index contributed by atoms with van der Waals surface area (Å²) in [7, 11) is 3.13. The predicted octanol–water partition coefficient (Wildman–Crippen LogP) is 4.56. The molecule has 9 nitrogen and oxygen atoms in total. The molecule has 0 bridgehead atoms. The lowest BCUT2D eigenvalue weighted by molar-refractivity contribution is -0.141. The van der Waals surface area contributed by atoms with Gasteiger partial charge in [-0.25, -0.2) is 9.07 Å². The van der Waals surface area contributed by atoms with Crippen molar-refractivity contribution in [1.29, 1.82) is 0 Å². The molecule has 4 rings (SSSR count). The fraction of sp³-hybridized carbons (Fsp3) is 0.355. The minimum absolute atomic E-state index is 0.122. The first-order valence-corrected chi connectivity index (χ1v) is 13.6. The highest BCUT2D eigenvalue weighted by molar-refractivity contribution is 5.89. The average Bonchev–Trinajstić information content (AvgIpc) is 3.38. The van der Waals surface area contributed by atoms with Gasteiger partial charge in [-0.15, -0.1) is 5.10 Å². The number of ether oxygens (including phenoxy) is 2. The van der Waals surface area contributed by atoms with Gasteiger partial charge in [-0.2, -0.15) is 0 Å². The number of halogens is 1. The van der Waals surface area contributed by atoms with Crippen molar-refractivity contribution in [3.05, 3.63) is 83.7 Å². The van der Waals surface area contributed by atoms with Gasteiger partial charge in [0.05, 0.1) is 19.7 Å². The lowest BCUT2D eigenvalue weighted by Crippen LogP contribution is -2.46. The zero-order chi connectivity index (χ0) is 29.4. The first-order valence-electron chi connectivity index (χ1n) is 13.6. The fourth-order valence-corrected chi connectivity index (χ4v) is 4.64. The number of fused-ring (bicyclic) bond motifs is 1. The quantitative estimate of drug-likeness (QED) is 0.257. The SMILES string of the molecule is COc1ccc(CCN(C(=O)Cn2nnc3ccccc32)[C@H](C(=O)NCCC(C)C)c2ccc(F)cc2)cc1OC. The Labute approximate surface area is 239 Å². The number of carbonyl (C=O) groups is 2. The first kappa shape index (κ1) is 29.5. The van der Waals surface area contributed by atoms with Gasteiger partial charge < -0.3 is 19.7 Å². The lowest BCUT2D eigenvalue weighted by atomic mass is 10.0. The summed E-state index contributed by atoms with van der Waals surface area (Å²) in [6.07, 6.45) is 1.22. The number of nitrogens with zero attached hydrogens (tertiary/aromatic N) is 4. The van der Waals surface area contributed by atoms with Crippen LogP contribution in [-0.4, -0.2) is 59.0 Å². The van der Waals surface area contributed by atoms with E-state index in [1.165, 1.54) is 21.7 Å². The first-order chi connectivity index (χ1) is 19.8. The molecule has 0 unspecified atom stereocenters. The maximum Gasteiger partial charge on any atom is 0.247 e. The van der Waals surface area contributed by atoms with E-state index in [2.05, 4.69) is 29.5 Å². The molecule has 0 saturated carbocycles. The van der Waals surface area contributed by atoms with Gasteiger partial charge in [-0.05, 0) is 66.3 Å². The van der Waals surface area contributed by atoms with Gasteiger partial charge in [0.1, 0.15) is 23.9 Å². The molecule has 10 heteroatoms. The van der Waals surface area contributed by atoms with Gasteiger partial charge in [0.15, 0.2) is 11.5 Å². The Morgan fingerprint density at radius 1 is 1.00 bits per heavy atom. The monoisotopic (exact) mass is 561 g/mol. The smallest absolute Gasteiger partial charge is 0.247 e. The zero-order valence-electron chi connectivity index (χ0n) is 23.8. The summed E-state index contributed by atoms with van der Waals surface area (Å²) in [6.45, 7) is 4.69. The number of carbonyl (C=O) groups excluding carboxylic acids is 2. The molecular weight excluding hydrogens is 525 g/mol. The van der Waals surface area contributed by atoms with E-state index >= 15 is 0 Å². The zero-order valence-corrected chi connectivity index (χ0v) is 23.8. The summed E-state index contributed by atoms with van der Waals surface area (Å²) in [5, 5.41) is 11.3. The van der Waals surface area contributed by atoms with Crippen molar-refractivity contribution in [3.8, 4) is 11.5 Å². The Balaban J connectivity index is 1.69. The highest BCUT2D eigenvalue weighted by Gasteiger charge is 2.32. The number of amides is 2. The van der Waals surface area contributed by atoms with Crippen LogP contribution in [0.3, 0.4) is 0 Å². The third-order valence-electron chi connectivity index (χ3n) is 6.88. The standard InChI is InChI=1S/C31H36FN5O4/c1-21(2)15-17-33-31(39)30(23-10-12-24(32)13-11-23)36(18-16-22-9-14-27(40-3)28(19-22)41-4)29(38)20-37-26-8-6-5-7-25(26)34-35-37/h5-14,19,21,30H,15-18,20H2,1-4H3,(H,33,39)/t30-/m0/s1. The molecule has 3 aromatic carbocycles. The van der Waals surface area contributed by atoms with E-state index in [1.54, 1.807) is 32.4 Å². The van der Waals surface area contributed by atoms with E-state index < -0.39 is 11.9 Å². The molecule has 0 fully saturated rings. The second kappa shape index (κ2) is 13.7. The molecule has 2 amide bonds. The van der Waals surface area contributed by atoms with E-state index in [-0.39, 0.29) is 24.9 Å². The number of rotatable bonds is 13. The molecule has 216 valence electrons. The Kier molecular flexibility index (Phi) is 9.89. The molecule has 1 atom stereocenters. The fourth-order valence-electron chi connectivity index (χ4n) is 4.64. The summed E-state index contributed by atoms with van der Waals surface area (Å²) in [5.74, 6) is 0.471. The summed E-state index contributed by atoms with van der Waals surface area (Å²) in [6, 6.07) is 17.6. The molecular formula is C31H36FN5O4. The van der Waals surface area contributed by atoms with Gasteiger partial charge in [0.2, 0.25) is 11.8 Å². The van der Waals surface area contributed by atoms with Crippen LogP contribution < -0.4 is 14.8 Å². The van der Waals surface area contributed by atoms with Gasteiger partial charge >= 0.3 is 0 Å². The van der Waals surface area contributed by atoms with E-state index in [1.807, 2.05) is 36.4 Å². The lowest BCUT2D eigenvalue weighted by Gasteiger charge is -2.32. The van der Waals surface area contributed by atoms with Crippen molar-refractivity contribution in [1.82, 2.24) is 25.2 Å². The second-order valence-electron chi connectivity index (χ2n) is 10.2. The minimum Gasteiger partial charge on any atom is -0.493 e. The molecule has 4 aromatic rings. The number of para-hydroxylation sites is 1. The molecule has 0 aliphatic heterocycles. The predicted molar refractivity (Wildman–Crippen MR) is 154 cm³/mol. The van der Waals surface area contributed by atoms with Crippen molar-refractivity contribution >= 4 is 22.8 Å². The minimum atomic E-state index is -0.981. The topological polar surface area (TPSA) is 98.6 Å². The molecule has 0 aliphatic carbocycles. The molecule has 41 heavy (non-hydrogen) atoms. The molecule has 1 aromatic heterocycles. The van der Waals surface area contributed by atoms with Crippen LogP contribution >= 0.6 is 0 Å². The van der Waals surface area contributed by atoms with E-state index in [0.717, 1.165) is 12.0 Å². The molecule has 1 heterocycles. The maximum absolute atomic E-state index is 14.0. The van der Waals surface area contributed by atoms with Crippen LogP contribution in [0.2, 0.25) is 0 Å². The Hall–Kier alpha value is -4.47. The number of methoxy groups -OCH3 is 2. The Bertz CT molecular complexity index is 1470. The van der Waals surface area contributed by atoms with E-state index in [0.29, 0.717) is 47.0 Å². The normalized spacial score (nSPS) is 11.9. The van der Waals surface area contributed by atoms with Crippen molar-refractivity contribution < 1.29 is 23.5 Å². The summed E-state index contributed by atoms with van der Waals surface area (Å²) >= 11 is 0. The molecule has 1 N–H and O–H groups in total. The third-order valence-corrected chi connectivity index (χ3v) is 6.88. The largest absolute Gasteiger partial charge is 0.493 e. The molecule has 0 radical (unpaired) electrons. The number of nitrogens with one attached hydrogen (secondary N) is 1. The van der Waals surface area contributed by atoms with Crippen LogP contribution in [0.25, 0.3) is 11.0 Å². The van der Waals surface area contributed by atoms with Crippen LogP contribution in [0.1, 0.15) is 37.4 Å². The second-order valence-corrected chi connectivity index (χ2v) is 10.2. The average molecular weight is 562 g/mol. The number of hydrogen-bond donors (Lipinski definition) is 1. The van der Waals surface area contributed by atoms with E-state index in [9.17, 15) is 14.0 Å². The summed E-state index contributed by atoms with van der Waals surface area (Å²) < 4.78 is 26.2. The Morgan fingerprint density at radius 3 is 2.44 bits per heavy atom. The Morgan fingerprint density at radius 2 is 1.73 bits per heavy atom. The van der Waals surface area contributed by atoms with E-state index in [4.69, 9.17) is 9.47 Å². The molecule has 0 spiro atoms. The number of aromatic nitrogens is 3.